The van der Waals surface area contributed by atoms with Crippen LogP contribution in [0, 0.1) is 6.92 Å². The summed E-state index contributed by atoms with van der Waals surface area (Å²) in [7, 11) is 0. The van der Waals surface area contributed by atoms with E-state index in [1.54, 1.807) is 16.3 Å². The molecule has 3 rings (SSSR count). The molecule has 0 bridgehead atoms. The molecule has 0 saturated heterocycles. The zero-order valence-electron chi connectivity index (χ0n) is 13.9. The highest BCUT2D eigenvalue weighted by molar-refractivity contribution is 7.11. The first-order chi connectivity index (χ1) is 12.0. The third kappa shape index (κ3) is 4.09. The number of benzene rings is 1. The molecule has 2 heterocycles. The Hall–Kier alpha value is -2.60. The van der Waals surface area contributed by atoms with Gasteiger partial charge < -0.3 is 5.11 Å². The number of carboxylic acid groups (broad SMARTS) is 1. The molecule has 0 spiro atoms. The summed E-state index contributed by atoms with van der Waals surface area (Å²) in [6.07, 6.45) is 2.58. The molecule has 2 N–H and O–H groups in total. The van der Waals surface area contributed by atoms with E-state index in [0.29, 0.717) is 6.42 Å². The zero-order valence-corrected chi connectivity index (χ0v) is 14.8. The Balaban J connectivity index is 1.81. The molecule has 1 amide bonds. The third-order valence-electron chi connectivity index (χ3n) is 4.10. The van der Waals surface area contributed by atoms with Gasteiger partial charge in [-0.3, -0.25) is 15.0 Å². The number of hydrazine groups is 1. The number of carbonyl (C=O) groups excluding carboxylic acids is 1. The lowest BCUT2D eigenvalue weighted by Gasteiger charge is -2.25. The second kappa shape index (κ2) is 7.53. The van der Waals surface area contributed by atoms with Crippen LogP contribution in [-0.2, 0) is 9.59 Å². The molecule has 0 fully saturated rings. The van der Waals surface area contributed by atoms with Crippen molar-refractivity contribution in [2.45, 2.75) is 32.2 Å². The molecular weight excluding hydrogens is 336 g/mol. The van der Waals surface area contributed by atoms with Crippen LogP contribution in [0.15, 0.2) is 47.9 Å². The van der Waals surface area contributed by atoms with E-state index in [9.17, 15) is 9.59 Å². The Morgan fingerprint density at radius 1 is 1.20 bits per heavy atom. The van der Waals surface area contributed by atoms with Crippen molar-refractivity contribution in [1.82, 2.24) is 10.4 Å². The maximum Gasteiger partial charge on any atom is 0.303 e. The molecule has 0 unspecified atom stereocenters. The molecule has 5 nitrogen and oxygen atoms in total. The minimum atomic E-state index is -0.880. The number of hydrogen-bond donors (Lipinski definition) is 2. The van der Waals surface area contributed by atoms with Gasteiger partial charge in [0.25, 0.3) is 0 Å². The molecule has 0 aliphatic carbocycles. The number of rotatable bonds is 6. The van der Waals surface area contributed by atoms with Crippen LogP contribution >= 0.6 is 11.3 Å². The van der Waals surface area contributed by atoms with Crippen molar-refractivity contribution in [2.24, 2.45) is 0 Å². The standard InChI is InChI=1S/C19H20N2O3S/c1-13-7-9-14(10-8-13)16-12-15(17-4-3-11-25-17)20-21(16)18(22)5-2-6-19(23)24/h3-4,7-12,16,20H,2,5-6H2,1H3,(H,23,24)/t16-/m0/s1. The Morgan fingerprint density at radius 3 is 2.60 bits per heavy atom. The van der Waals surface area contributed by atoms with E-state index in [1.165, 1.54) is 0 Å². The summed E-state index contributed by atoms with van der Waals surface area (Å²) in [6, 6.07) is 11.9. The molecule has 1 aliphatic heterocycles. The highest BCUT2D eigenvalue weighted by Gasteiger charge is 2.30. The Kier molecular flexibility index (Phi) is 5.19. The predicted molar refractivity (Wildman–Crippen MR) is 97.7 cm³/mol. The number of hydrogen-bond acceptors (Lipinski definition) is 4. The normalized spacial score (nSPS) is 16.4. The number of carboxylic acids is 1. The number of nitrogens with one attached hydrogen (secondary N) is 1. The summed E-state index contributed by atoms with van der Waals surface area (Å²) in [4.78, 5) is 24.4. The van der Waals surface area contributed by atoms with E-state index in [-0.39, 0.29) is 24.8 Å². The van der Waals surface area contributed by atoms with E-state index in [0.717, 1.165) is 21.7 Å². The van der Waals surface area contributed by atoms with Crippen molar-refractivity contribution < 1.29 is 14.7 Å². The fourth-order valence-corrected chi connectivity index (χ4v) is 3.48. The molecule has 1 aliphatic rings. The molecule has 1 atom stereocenters. The van der Waals surface area contributed by atoms with Crippen LogP contribution in [0.3, 0.4) is 0 Å². The van der Waals surface area contributed by atoms with Gasteiger partial charge in [0, 0.05) is 12.8 Å². The van der Waals surface area contributed by atoms with Crippen LogP contribution in [-0.4, -0.2) is 22.0 Å². The van der Waals surface area contributed by atoms with E-state index in [2.05, 4.69) is 5.43 Å². The fraction of sp³-hybridized carbons (Fsp3) is 0.263. The molecule has 1 aromatic carbocycles. The summed E-state index contributed by atoms with van der Waals surface area (Å²) < 4.78 is 0. The van der Waals surface area contributed by atoms with Crippen LogP contribution in [0.4, 0.5) is 0 Å². The van der Waals surface area contributed by atoms with Gasteiger partial charge in [0.15, 0.2) is 0 Å². The van der Waals surface area contributed by atoms with Crippen molar-refractivity contribution in [1.29, 1.82) is 0 Å². The smallest absolute Gasteiger partial charge is 0.303 e. The van der Waals surface area contributed by atoms with Crippen molar-refractivity contribution in [3.05, 3.63) is 63.9 Å². The van der Waals surface area contributed by atoms with Gasteiger partial charge in [-0.1, -0.05) is 35.9 Å². The monoisotopic (exact) mass is 356 g/mol. The number of nitrogens with zero attached hydrogens (tertiary/aromatic N) is 1. The summed E-state index contributed by atoms with van der Waals surface area (Å²) in [6.45, 7) is 2.03. The van der Waals surface area contributed by atoms with Gasteiger partial charge >= 0.3 is 5.97 Å². The molecule has 1 aromatic heterocycles. The van der Waals surface area contributed by atoms with Crippen LogP contribution in [0.25, 0.3) is 5.70 Å². The predicted octanol–water partition coefficient (Wildman–Crippen LogP) is 3.74. The molecular formula is C19H20N2O3S. The summed E-state index contributed by atoms with van der Waals surface area (Å²) in [5.74, 6) is -0.982. The first-order valence-corrected chi connectivity index (χ1v) is 9.05. The van der Waals surface area contributed by atoms with Gasteiger partial charge in [-0.25, -0.2) is 5.01 Å². The maximum absolute atomic E-state index is 12.6. The quantitative estimate of drug-likeness (QED) is 0.827. The third-order valence-corrected chi connectivity index (χ3v) is 5.00. The molecule has 25 heavy (non-hydrogen) atoms. The topological polar surface area (TPSA) is 69.6 Å². The van der Waals surface area contributed by atoms with Gasteiger partial charge in [0.05, 0.1) is 16.6 Å². The highest BCUT2D eigenvalue weighted by Crippen LogP contribution is 2.33. The van der Waals surface area contributed by atoms with E-state index in [4.69, 9.17) is 5.11 Å². The number of thiophene rings is 1. The lowest BCUT2D eigenvalue weighted by Crippen LogP contribution is -2.39. The molecule has 2 aromatic rings. The lowest BCUT2D eigenvalue weighted by molar-refractivity contribution is -0.137. The number of aliphatic carboxylic acids is 1. The minimum Gasteiger partial charge on any atom is -0.481 e. The van der Waals surface area contributed by atoms with Gasteiger partial charge in [-0.2, -0.15) is 0 Å². The van der Waals surface area contributed by atoms with E-state index >= 15 is 0 Å². The van der Waals surface area contributed by atoms with Crippen molar-refractivity contribution in [3.8, 4) is 0 Å². The Labute approximate surface area is 150 Å². The second-order valence-corrected chi connectivity index (χ2v) is 6.98. The average Bonchev–Trinajstić information content (AvgIpc) is 3.24. The van der Waals surface area contributed by atoms with Gasteiger partial charge in [0.1, 0.15) is 0 Å². The van der Waals surface area contributed by atoms with Crippen LogP contribution in [0.1, 0.15) is 41.3 Å². The average molecular weight is 356 g/mol. The first-order valence-electron chi connectivity index (χ1n) is 8.17. The van der Waals surface area contributed by atoms with Gasteiger partial charge in [-0.05, 0) is 36.4 Å². The zero-order chi connectivity index (χ0) is 17.8. The number of carbonyl (C=O) groups is 2. The van der Waals surface area contributed by atoms with Crippen molar-refractivity contribution in [2.75, 3.05) is 0 Å². The molecule has 0 radical (unpaired) electrons. The highest BCUT2D eigenvalue weighted by atomic mass is 32.1. The largest absolute Gasteiger partial charge is 0.481 e. The molecule has 6 heteroatoms. The van der Waals surface area contributed by atoms with Crippen LogP contribution < -0.4 is 5.43 Å². The maximum atomic E-state index is 12.6. The van der Waals surface area contributed by atoms with E-state index in [1.807, 2.05) is 54.8 Å². The Bertz CT molecular complexity index is 782. The first kappa shape index (κ1) is 17.2. The summed E-state index contributed by atoms with van der Waals surface area (Å²) >= 11 is 1.61. The summed E-state index contributed by atoms with van der Waals surface area (Å²) in [5, 5.41) is 12.4. The number of amides is 1. The van der Waals surface area contributed by atoms with Crippen molar-refractivity contribution >= 4 is 28.9 Å². The molecule has 0 saturated carbocycles. The number of aryl methyl sites for hydroxylation is 1. The SMILES string of the molecule is Cc1ccc([C@@H]2C=C(c3cccs3)NN2C(=O)CCCC(=O)O)cc1. The molecule has 130 valence electrons. The van der Waals surface area contributed by atoms with Gasteiger partial charge in [0.2, 0.25) is 5.91 Å². The Morgan fingerprint density at radius 2 is 1.96 bits per heavy atom. The van der Waals surface area contributed by atoms with Gasteiger partial charge in [-0.15, -0.1) is 11.3 Å². The second-order valence-electron chi connectivity index (χ2n) is 6.04. The summed E-state index contributed by atoms with van der Waals surface area (Å²) in [5.41, 5.74) is 6.30. The minimum absolute atomic E-state index is 0.0000112. The van der Waals surface area contributed by atoms with Crippen molar-refractivity contribution in [3.63, 3.8) is 0 Å². The lowest BCUT2D eigenvalue weighted by atomic mass is 10.0. The van der Waals surface area contributed by atoms with Crippen LogP contribution in [0.5, 0.6) is 0 Å². The van der Waals surface area contributed by atoms with Crippen LogP contribution in [0.2, 0.25) is 0 Å². The fourth-order valence-electron chi connectivity index (χ4n) is 2.78. The van der Waals surface area contributed by atoms with E-state index < -0.39 is 5.97 Å².